The van der Waals surface area contributed by atoms with Crippen molar-refractivity contribution < 1.29 is 9.53 Å². The van der Waals surface area contributed by atoms with Gasteiger partial charge in [0.25, 0.3) is 17.0 Å². The Morgan fingerprint density at radius 1 is 0.864 bits per heavy atom. The minimum Gasteiger partial charge on any atom is -0.496 e. The summed E-state index contributed by atoms with van der Waals surface area (Å²) in [4.78, 5) is 42.1. The van der Waals surface area contributed by atoms with Gasteiger partial charge in [-0.15, -0.1) is 0 Å². The van der Waals surface area contributed by atoms with Gasteiger partial charge in [0.1, 0.15) is 5.75 Å². The summed E-state index contributed by atoms with van der Waals surface area (Å²) >= 11 is 0. The zero-order valence-corrected chi connectivity index (χ0v) is 25.2. The van der Waals surface area contributed by atoms with E-state index in [2.05, 4.69) is 32.5 Å². The van der Waals surface area contributed by atoms with E-state index in [9.17, 15) is 14.4 Å². The van der Waals surface area contributed by atoms with E-state index < -0.39 is 0 Å². The molecule has 1 aromatic carbocycles. The van der Waals surface area contributed by atoms with Crippen LogP contribution in [0.4, 0.5) is 0 Å². The molecule has 4 bridgehead atoms. The molecule has 2 fully saturated rings. The van der Waals surface area contributed by atoms with Crippen molar-refractivity contribution in [3.63, 3.8) is 0 Å². The van der Waals surface area contributed by atoms with Gasteiger partial charge in [-0.1, -0.05) is 12.1 Å². The van der Waals surface area contributed by atoms with Crippen LogP contribution in [0.3, 0.4) is 0 Å². The predicted octanol–water partition coefficient (Wildman–Crippen LogP) is 2.25. The Labute approximate surface area is 256 Å². The second kappa shape index (κ2) is 12.2. The number of amides is 1. The molecule has 4 aliphatic heterocycles. The number of likely N-dealkylation sites (tertiary alicyclic amines) is 2. The third kappa shape index (κ3) is 5.88. The number of pyridine rings is 2. The molecule has 0 radical (unpaired) electrons. The minimum absolute atomic E-state index is 0.0680. The normalized spacial score (nSPS) is 24.5. The lowest BCUT2D eigenvalue weighted by atomic mass is 9.83. The molecule has 3 aromatic rings. The van der Waals surface area contributed by atoms with Crippen LogP contribution in [0.5, 0.6) is 5.75 Å². The van der Waals surface area contributed by atoms with Crippen LogP contribution in [0.2, 0.25) is 0 Å². The summed E-state index contributed by atoms with van der Waals surface area (Å²) < 4.78 is 9.55. The average Bonchev–Trinajstić information content (AvgIpc) is 3.01. The zero-order chi connectivity index (χ0) is 30.2. The van der Waals surface area contributed by atoms with Gasteiger partial charge in [0, 0.05) is 81.2 Å². The molecule has 1 N–H and O–H groups in total. The maximum absolute atomic E-state index is 12.8. The topological polar surface area (TPSA) is 101 Å². The van der Waals surface area contributed by atoms with Crippen molar-refractivity contribution in [2.75, 3.05) is 46.4 Å². The molecule has 4 aliphatic rings. The predicted molar refractivity (Wildman–Crippen MR) is 168 cm³/mol. The van der Waals surface area contributed by atoms with Crippen LogP contribution >= 0.6 is 0 Å². The number of carbonyl (C=O) groups excluding carboxylic acids is 1. The molecule has 1 amide bonds. The average molecular weight is 597 g/mol. The third-order valence-electron chi connectivity index (χ3n) is 9.88. The van der Waals surface area contributed by atoms with Crippen molar-refractivity contribution in [1.82, 2.24) is 24.4 Å². The summed E-state index contributed by atoms with van der Waals surface area (Å²) in [6, 6.07) is 17.2. The van der Waals surface area contributed by atoms with Gasteiger partial charge in [0.15, 0.2) is 0 Å². The maximum atomic E-state index is 12.8. The Morgan fingerprint density at radius 3 is 2.16 bits per heavy atom. The van der Waals surface area contributed by atoms with Crippen molar-refractivity contribution in [1.29, 1.82) is 0 Å². The molecule has 230 valence electrons. The number of methoxy groups -OCH3 is 1. The number of nitrogens with zero attached hydrogens (tertiary/aromatic N) is 5. The van der Waals surface area contributed by atoms with E-state index in [0.717, 1.165) is 87.6 Å². The first kappa shape index (κ1) is 28.7. The van der Waals surface area contributed by atoms with Crippen LogP contribution in [0.25, 0.3) is 0 Å². The van der Waals surface area contributed by atoms with E-state index in [1.807, 2.05) is 39.5 Å². The van der Waals surface area contributed by atoms with Gasteiger partial charge in [-0.05, 0) is 72.6 Å². The first-order valence-electron chi connectivity index (χ1n) is 15.8. The Balaban J connectivity index is 0.937. The summed E-state index contributed by atoms with van der Waals surface area (Å²) in [5.41, 5.74) is 7.15. The number of nitrogens with one attached hydrogen (secondary N) is 1. The number of benzene rings is 1. The van der Waals surface area contributed by atoms with Gasteiger partial charge in [0.2, 0.25) is 0 Å². The number of hydrogen-bond acceptors (Lipinski definition) is 7. The molecule has 2 saturated heterocycles. The second-order valence-electron chi connectivity index (χ2n) is 13.0. The third-order valence-corrected chi connectivity index (χ3v) is 9.88. The minimum atomic E-state index is -0.139. The van der Waals surface area contributed by atoms with Gasteiger partial charge in [-0.2, -0.15) is 5.10 Å². The Hall–Kier alpha value is -4.02. The van der Waals surface area contributed by atoms with Crippen LogP contribution < -0.4 is 21.3 Å². The number of piperidine rings is 2. The smallest absolute Gasteiger partial charge is 0.254 e. The van der Waals surface area contributed by atoms with Crippen molar-refractivity contribution in [3.8, 4) is 5.75 Å². The van der Waals surface area contributed by atoms with Crippen LogP contribution in [0.15, 0.2) is 69.3 Å². The van der Waals surface area contributed by atoms with Gasteiger partial charge < -0.3 is 18.8 Å². The van der Waals surface area contributed by atoms with Gasteiger partial charge >= 0.3 is 0 Å². The molecule has 0 spiro atoms. The quantitative estimate of drug-likeness (QED) is 0.316. The summed E-state index contributed by atoms with van der Waals surface area (Å²) in [6.07, 6.45) is 4.74. The number of aromatic nitrogens is 2. The van der Waals surface area contributed by atoms with Crippen LogP contribution in [-0.2, 0) is 24.3 Å². The fourth-order valence-electron chi connectivity index (χ4n) is 8.07. The highest BCUT2D eigenvalue weighted by Gasteiger charge is 2.36. The summed E-state index contributed by atoms with van der Waals surface area (Å²) in [5.74, 6) is 2.25. The molecule has 0 aliphatic carbocycles. The largest absolute Gasteiger partial charge is 0.496 e. The highest BCUT2D eigenvalue weighted by atomic mass is 16.5. The molecule has 10 nitrogen and oxygen atoms in total. The summed E-state index contributed by atoms with van der Waals surface area (Å²) in [5, 5.41) is 4.26. The molecule has 0 unspecified atom stereocenters. The lowest BCUT2D eigenvalue weighted by Gasteiger charge is -2.42. The number of fused-ring (bicyclic) bond motifs is 8. The van der Waals surface area contributed by atoms with Gasteiger partial charge in [-0.25, -0.2) is 5.43 Å². The van der Waals surface area contributed by atoms with Gasteiger partial charge in [0.05, 0.1) is 19.9 Å². The van der Waals surface area contributed by atoms with Crippen molar-refractivity contribution >= 4 is 12.1 Å². The monoisotopic (exact) mass is 596 g/mol. The van der Waals surface area contributed by atoms with Crippen LogP contribution in [-0.4, -0.2) is 77.4 Å². The standard InChI is InChI=1S/C34H40N6O4/c1-44-31-9-8-23(12-26(31)10-11-37-16-24-13-27(20-37)29-4-2-6-33(42)39(29)18-24)15-35-36-32(41)22-38-17-25-14-28(21-38)30-5-3-7-34(43)40(30)19-25/h2-9,12,15,24-25,27-28H,10-11,13-14,16-22H2,1H3,(H,36,41)/b35-15-/t24-,25-,27+,28+/m0/s1. The number of ether oxygens (including phenoxy) is 1. The van der Waals surface area contributed by atoms with Gasteiger partial charge in [-0.3, -0.25) is 19.3 Å². The fraction of sp³-hybridized carbons (Fsp3) is 0.471. The number of hydrogen-bond donors (Lipinski definition) is 1. The summed E-state index contributed by atoms with van der Waals surface area (Å²) in [6.45, 7) is 6.24. The molecule has 2 aromatic heterocycles. The highest BCUT2D eigenvalue weighted by molar-refractivity contribution is 5.83. The molecule has 44 heavy (non-hydrogen) atoms. The number of hydrazone groups is 1. The molecule has 0 saturated carbocycles. The van der Waals surface area contributed by atoms with Crippen molar-refractivity contribution in [2.45, 2.75) is 44.2 Å². The lowest BCUT2D eigenvalue weighted by molar-refractivity contribution is -0.122. The van der Waals surface area contributed by atoms with E-state index >= 15 is 0 Å². The van der Waals surface area contributed by atoms with E-state index in [0.29, 0.717) is 17.8 Å². The van der Waals surface area contributed by atoms with Crippen LogP contribution in [0.1, 0.15) is 47.2 Å². The second-order valence-corrected chi connectivity index (χ2v) is 13.0. The number of carbonyl (C=O) groups is 1. The van der Waals surface area contributed by atoms with E-state index in [1.54, 1.807) is 25.5 Å². The Morgan fingerprint density at radius 2 is 1.50 bits per heavy atom. The van der Waals surface area contributed by atoms with Crippen molar-refractivity contribution in [2.24, 2.45) is 16.9 Å². The van der Waals surface area contributed by atoms with Crippen LogP contribution in [0, 0.1) is 11.8 Å². The molecule has 7 rings (SSSR count). The van der Waals surface area contributed by atoms with E-state index in [1.165, 1.54) is 5.69 Å². The maximum Gasteiger partial charge on any atom is 0.254 e. The molecule has 10 heteroatoms. The van der Waals surface area contributed by atoms with E-state index in [-0.39, 0.29) is 29.5 Å². The first-order chi connectivity index (χ1) is 21.4. The Kier molecular flexibility index (Phi) is 7.95. The summed E-state index contributed by atoms with van der Waals surface area (Å²) in [7, 11) is 1.69. The zero-order valence-electron chi connectivity index (χ0n) is 25.2. The first-order valence-corrected chi connectivity index (χ1v) is 15.8. The Bertz CT molecular complexity index is 1700. The lowest BCUT2D eigenvalue weighted by Crippen LogP contribution is -2.49. The molecular formula is C34H40N6O4. The molecular weight excluding hydrogens is 556 g/mol. The van der Waals surface area contributed by atoms with Crippen molar-refractivity contribution in [3.05, 3.63) is 97.8 Å². The highest BCUT2D eigenvalue weighted by Crippen LogP contribution is 2.36. The fourth-order valence-corrected chi connectivity index (χ4v) is 8.07. The SMILES string of the molecule is COc1ccc(/C=N\NC(=O)CN2C[C@@H]3C[C@H](C2)c2cccc(=O)n2C3)cc1CCN1C[C@@H]2C[C@H](C1)c1cccc(=O)n1C2. The number of rotatable bonds is 8. The molecule has 4 atom stereocenters. The van der Waals surface area contributed by atoms with E-state index in [4.69, 9.17) is 4.74 Å². The molecule has 6 heterocycles.